The van der Waals surface area contributed by atoms with Crippen LogP contribution in [0.3, 0.4) is 0 Å². The van der Waals surface area contributed by atoms with E-state index in [1.165, 1.54) is 0 Å². The molecule has 1 rings (SSSR count). The average Bonchev–Trinajstić information content (AvgIpc) is 2.28. The lowest BCUT2D eigenvalue weighted by molar-refractivity contribution is -0.119. The van der Waals surface area contributed by atoms with Gasteiger partial charge in [-0.05, 0) is 5.56 Å². The van der Waals surface area contributed by atoms with Gasteiger partial charge in [0.25, 0.3) is 0 Å². The van der Waals surface area contributed by atoms with Gasteiger partial charge in [0.2, 0.25) is 0 Å². The first kappa shape index (κ1) is 13.9. The van der Waals surface area contributed by atoms with Gasteiger partial charge in [-0.25, -0.2) is 0 Å². The molecule has 0 fully saturated rings. The maximum absolute atomic E-state index is 12.2. The first-order valence-corrected chi connectivity index (χ1v) is 9.85. The number of carbonyl (C=O) groups is 1. The van der Waals surface area contributed by atoms with Crippen molar-refractivity contribution in [3.8, 4) is 0 Å². The monoisotopic (exact) mass is 246 g/mol. The Labute approximate surface area is 106 Å². The van der Waals surface area contributed by atoms with Crippen molar-refractivity contribution in [3.63, 3.8) is 0 Å². The Morgan fingerprint density at radius 1 is 1.29 bits per heavy atom. The molecular weight excluding hydrogens is 224 g/mol. The van der Waals surface area contributed by atoms with Crippen LogP contribution in [0.4, 0.5) is 0 Å². The third-order valence-electron chi connectivity index (χ3n) is 2.86. The Morgan fingerprint density at radius 3 is 2.35 bits per heavy atom. The van der Waals surface area contributed by atoms with Crippen LogP contribution >= 0.6 is 0 Å². The zero-order chi connectivity index (χ0) is 12.9. The van der Waals surface area contributed by atoms with E-state index in [4.69, 9.17) is 0 Å². The molecule has 1 unspecified atom stereocenters. The lowest BCUT2D eigenvalue weighted by atomic mass is 9.93. The van der Waals surface area contributed by atoms with Crippen LogP contribution in [-0.4, -0.2) is 13.9 Å². The van der Waals surface area contributed by atoms with Crippen LogP contribution in [0.1, 0.15) is 17.9 Å². The second-order valence-corrected chi connectivity index (χ2v) is 11.3. The first-order chi connectivity index (χ1) is 7.94. The van der Waals surface area contributed by atoms with Gasteiger partial charge < -0.3 is 0 Å². The van der Waals surface area contributed by atoms with Crippen molar-refractivity contribution in [1.29, 1.82) is 0 Å². The number of ketones is 1. The van der Waals surface area contributed by atoms with E-state index in [2.05, 4.69) is 26.2 Å². The molecule has 1 nitrogen and oxygen atoms in total. The SMILES string of the molecule is C=CC(C(=O)CC[Si](C)(C)C)c1ccccc1. The van der Waals surface area contributed by atoms with Gasteiger partial charge in [0.15, 0.2) is 0 Å². The van der Waals surface area contributed by atoms with Crippen LogP contribution in [0, 0.1) is 0 Å². The molecule has 17 heavy (non-hydrogen) atoms. The number of benzene rings is 1. The largest absolute Gasteiger partial charge is 0.299 e. The van der Waals surface area contributed by atoms with Gasteiger partial charge in [-0.1, -0.05) is 62.1 Å². The highest BCUT2D eigenvalue weighted by molar-refractivity contribution is 6.76. The van der Waals surface area contributed by atoms with Crippen molar-refractivity contribution in [3.05, 3.63) is 48.6 Å². The minimum Gasteiger partial charge on any atom is -0.299 e. The Bertz CT molecular complexity index is 376. The molecular formula is C15H22OSi. The first-order valence-electron chi connectivity index (χ1n) is 6.14. The van der Waals surface area contributed by atoms with Gasteiger partial charge >= 0.3 is 0 Å². The lowest BCUT2D eigenvalue weighted by Crippen LogP contribution is -2.22. The quantitative estimate of drug-likeness (QED) is 0.541. The van der Waals surface area contributed by atoms with Crippen LogP contribution in [0.5, 0.6) is 0 Å². The third-order valence-corrected chi connectivity index (χ3v) is 4.61. The number of hydrogen-bond acceptors (Lipinski definition) is 1. The number of rotatable bonds is 6. The average molecular weight is 246 g/mol. The van der Waals surface area contributed by atoms with Crippen molar-refractivity contribution >= 4 is 13.9 Å². The fourth-order valence-corrected chi connectivity index (χ4v) is 2.76. The summed E-state index contributed by atoms with van der Waals surface area (Å²) in [5.41, 5.74) is 1.06. The van der Waals surface area contributed by atoms with Crippen molar-refractivity contribution in [2.24, 2.45) is 0 Å². The second kappa shape index (κ2) is 5.96. The molecule has 0 aliphatic rings. The van der Waals surface area contributed by atoms with Crippen molar-refractivity contribution in [2.45, 2.75) is 38.0 Å². The van der Waals surface area contributed by atoms with Crippen LogP contribution in [-0.2, 0) is 4.79 Å². The second-order valence-electron chi connectivity index (χ2n) is 5.65. The lowest BCUT2D eigenvalue weighted by Gasteiger charge is -2.17. The van der Waals surface area contributed by atoms with Gasteiger partial charge in [0.1, 0.15) is 5.78 Å². The highest BCUT2D eigenvalue weighted by Gasteiger charge is 2.20. The molecule has 0 radical (unpaired) electrons. The maximum atomic E-state index is 12.2. The summed E-state index contributed by atoms with van der Waals surface area (Å²) >= 11 is 0. The summed E-state index contributed by atoms with van der Waals surface area (Å²) in [7, 11) is -1.13. The Hall–Kier alpha value is -1.15. The molecule has 0 heterocycles. The minimum absolute atomic E-state index is 0.132. The van der Waals surface area contributed by atoms with E-state index < -0.39 is 8.07 Å². The Balaban J connectivity index is 2.69. The van der Waals surface area contributed by atoms with E-state index in [1.807, 2.05) is 30.3 Å². The van der Waals surface area contributed by atoms with Gasteiger partial charge in [0, 0.05) is 14.5 Å². The van der Waals surface area contributed by atoms with Crippen molar-refractivity contribution in [1.82, 2.24) is 0 Å². The molecule has 0 aliphatic carbocycles. The summed E-state index contributed by atoms with van der Waals surface area (Å²) in [6.07, 6.45) is 2.45. The van der Waals surface area contributed by atoms with E-state index in [9.17, 15) is 4.79 Å². The normalized spacial score (nSPS) is 13.1. The number of allylic oxidation sites excluding steroid dienone is 1. The Morgan fingerprint density at radius 2 is 1.88 bits per heavy atom. The molecule has 0 aromatic heterocycles. The number of Topliss-reactive ketones (excluding diaryl/α,β-unsaturated/α-hetero) is 1. The predicted molar refractivity (Wildman–Crippen MR) is 77.2 cm³/mol. The molecule has 0 N–H and O–H groups in total. The van der Waals surface area contributed by atoms with Crippen LogP contribution in [0.2, 0.25) is 25.7 Å². The molecule has 1 atom stereocenters. The van der Waals surface area contributed by atoms with E-state index in [1.54, 1.807) is 6.08 Å². The van der Waals surface area contributed by atoms with E-state index in [0.717, 1.165) is 11.6 Å². The highest BCUT2D eigenvalue weighted by atomic mass is 28.3. The summed E-state index contributed by atoms with van der Waals surface area (Å²) in [6.45, 7) is 10.7. The predicted octanol–water partition coefficient (Wildman–Crippen LogP) is 4.25. The molecule has 2 heteroatoms. The molecule has 92 valence electrons. The van der Waals surface area contributed by atoms with Crippen molar-refractivity contribution in [2.75, 3.05) is 0 Å². The smallest absolute Gasteiger partial charge is 0.143 e. The zero-order valence-corrected chi connectivity index (χ0v) is 12.1. The van der Waals surface area contributed by atoms with E-state index >= 15 is 0 Å². The summed E-state index contributed by atoms with van der Waals surface area (Å²) in [6, 6.07) is 11.0. The van der Waals surface area contributed by atoms with Crippen molar-refractivity contribution < 1.29 is 4.79 Å². The van der Waals surface area contributed by atoms with Crippen LogP contribution in [0.15, 0.2) is 43.0 Å². The van der Waals surface area contributed by atoms with Gasteiger partial charge in [-0.15, -0.1) is 6.58 Å². The molecule has 1 aromatic rings. The summed E-state index contributed by atoms with van der Waals surface area (Å²) in [4.78, 5) is 12.2. The minimum atomic E-state index is -1.13. The fourth-order valence-electron chi connectivity index (χ4n) is 1.77. The number of carbonyl (C=O) groups excluding carboxylic acids is 1. The molecule has 0 bridgehead atoms. The molecule has 0 aliphatic heterocycles. The molecule has 0 spiro atoms. The molecule has 0 amide bonds. The maximum Gasteiger partial charge on any atom is 0.143 e. The van der Waals surface area contributed by atoms with Crippen LogP contribution < -0.4 is 0 Å². The topological polar surface area (TPSA) is 17.1 Å². The Kier molecular flexibility index (Phi) is 4.88. The van der Waals surface area contributed by atoms with Gasteiger partial charge in [-0.2, -0.15) is 0 Å². The standard InChI is InChI=1S/C15H22OSi/c1-5-14(13-9-7-6-8-10-13)15(16)11-12-17(2,3)4/h5-10,14H,1,11-12H2,2-4H3. The molecule has 0 saturated carbocycles. The number of hydrogen-bond donors (Lipinski definition) is 0. The van der Waals surface area contributed by atoms with Gasteiger partial charge in [0.05, 0.1) is 5.92 Å². The fraction of sp³-hybridized carbons (Fsp3) is 0.400. The summed E-state index contributed by atoms with van der Waals surface area (Å²) in [5.74, 6) is 0.168. The highest BCUT2D eigenvalue weighted by Crippen LogP contribution is 2.22. The van der Waals surface area contributed by atoms with Crippen LogP contribution in [0.25, 0.3) is 0 Å². The summed E-state index contributed by atoms with van der Waals surface area (Å²) in [5, 5.41) is 0. The summed E-state index contributed by atoms with van der Waals surface area (Å²) < 4.78 is 0. The zero-order valence-electron chi connectivity index (χ0n) is 11.1. The molecule has 1 aromatic carbocycles. The third kappa shape index (κ3) is 4.69. The molecule has 0 saturated heterocycles. The van der Waals surface area contributed by atoms with Gasteiger partial charge in [-0.3, -0.25) is 4.79 Å². The van der Waals surface area contributed by atoms with E-state index in [-0.39, 0.29) is 5.92 Å². The van der Waals surface area contributed by atoms with E-state index in [0.29, 0.717) is 12.2 Å².